The van der Waals surface area contributed by atoms with Gasteiger partial charge in [-0.3, -0.25) is 19.9 Å². The van der Waals surface area contributed by atoms with Gasteiger partial charge in [0.2, 0.25) is 0 Å². The molecule has 7 heteroatoms. The molecule has 0 spiro atoms. The van der Waals surface area contributed by atoms with E-state index in [0.29, 0.717) is 12.3 Å². The standard InChI is InChI=1S/C20H25N3O4/c24-19(16-27-20-8-6-18(7-9-20)23(25)26)15-22-12-10-21(11-13-22)14-17-4-2-1-3-5-17/h1-9,19,24H,10-16H2/t19-/m0/s1. The van der Waals surface area contributed by atoms with Crippen LogP contribution in [0.1, 0.15) is 5.56 Å². The molecule has 0 aromatic heterocycles. The lowest BCUT2D eigenvalue weighted by atomic mass is 10.2. The van der Waals surface area contributed by atoms with Crippen LogP contribution >= 0.6 is 0 Å². The largest absolute Gasteiger partial charge is 0.491 e. The molecule has 1 saturated heterocycles. The van der Waals surface area contributed by atoms with Gasteiger partial charge in [-0.25, -0.2) is 0 Å². The van der Waals surface area contributed by atoms with Gasteiger partial charge in [0.1, 0.15) is 18.5 Å². The summed E-state index contributed by atoms with van der Waals surface area (Å²) in [6, 6.07) is 16.3. The Kier molecular flexibility index (Phi) is 6.75. The molecule has 1 aliphatic heterocycles. The number of aliphatic hydroxyl groups excluding tert-OH is 1. The van der Waals surface area contributed by atoms with Crippen molar-refractivity contribution in [2.45, 2.75) is 12.6 Å². The zero-order valence-corrected chi connectivity index (χ0v) is 15.2. The zero-order valence-electron chi connectivity index (χ0n) is 15.2. The van der Waals surface area contributed by atoms with Crippen LogP contribution in [-0.2, 0) is 6.54 Å². The van der Waals surface area contributed by atoms with E-state index in [1.807, 2.05) is 6.07 Å². The maximum Gasteiger partial charge on any atom is 0.269 e. The second-order valence-electron chi connectivity index (χ2n) is 6.78. The summed E-state index contributed by atoms with van der Waals surface area (Å²) in [6.45, 7) is 5.48. The number of rotatable bonds is 8. The Morgan fingerprint density at radius 3 is 2.26 bits per heavy atom. The van der Waals surface area contributed by atoms with Crippen molar-refractivity contribution in [3.63, 3.8) is 0 Å². The SMILES string of the molecule is O=[N+]([O-])c1ccc(OC[C@@H](O)CN2CCN(Cc3ccccc3)CC2)cc1. The molecule has 1 fully saturated rings. The van der Waals surface area contributed by atoms with Crippen LogP contribution in [-0.4, -0.2) is 65.3 Å². The summed E-state index contributed by atoms with van der Waals surface area (Å²) < 4.78 is 5.53. The van der Waals surface area contributed by atoms with Crippen molar-refractivity contribution < 1.29 is 14.8 Å². The molecule has 2 aromatic carbocycles. The molecule has 27 heavy (non-hydrogen) atoms. The van der Waals surface area contributed by atoms with E-state index in [1.165, 1.54) is 17.7 Å². The summed E-state index contributed by atoms with van der Waals surface area (Å²) >= 11 is 0. The fraction of sp³-hybridized carbons (Fsp3) is 0.400. The molecule has 0 saturated carbocycles. The number of nitro benzene ring substituents is 1. The maximum atomic E-state index is 10.6. The van der Waals surface area contributed by atoms with Gasteiger partial charge in [-0.05, 0) is 17.7 Å². The van der Waals surface area contributed by atoms with Gasteiger partial charge >= 0.3 is 0 Å². The quantitative estimate of drug-likeness (QED) is 0.566. The monoisotopic (exact) mass is 371 g/mol. The van der Waals surface area contributed by atoms with Crippen LogP contribution in [0.4, 0.5) is 5.69 Å². The molecule has 0 unspecified atom stereocenters. The zero-order chi connectivity index (χ0) is 19.1. The number of non-ortho nitro benzene ring substituents is 1. The van der Waals surface area contributed by atoms with Crippen LogP contribution in [0.2, 0.25) is 0 Å². The molecule has 0 bridgehead atoms. The molecule has 1 atom stereocenters. The minimum Gasteiger partial charge on any atom is -0.491 e. The van der Waals surface area contributed by atoms with E-state index in [-0.39, 0.29) is 12.3 Å². The fourth-order valence-electron chi connectivity index (χ4n) is 3.18. The number of nitro groups is 1. The topological polar surface area (TPSA) is 79.1 Å². The lowest BCUT2D eigenvalue weighted by Crippen LogP contribution is -2.48. The van der Waals surface area contributed by atoms with Crippen LogP contribution in [0.5, 0.6) is 5.75 Å². The Morgan fingerprint density at radius 2 is 1.63 bits per heavy atom. The Bertz CT molecular complexity index is 716. The van der Waals surface area contributed by atoms with Crippen molar-refractivity contribution in [3.8, 4) is 5.75 Å². The van der Waals surface area contributed by atoms with Crippen LogP contribution in [0.15, 0.2) is 54.6 Å². The highest BCUT2D eigenvalue weighted by Crippen LogP contribution is 2.17. The van der Waals surface area contributed by atoms with Gasteiger partial charge in [-0.1, -0.05) is 30.3 Å². The number of piperazine rings is 1. The van der Waals surface area contributed by atoms with Gasteiger partial charge in [0.05, 0.1) is 4.92 Å². The average molecular weight is 371 g/mol. The normalized spacial score (nSPS) is 16.8. The Balaban J connectivity index is 1.36. The van der Waals surface area contributed by atoms with E-state index in [1.54, 1.807) is 12.1 Å². The van der Waals surface area contributed by atoms with E-state index in [9.17, 15) is 15.2 Å². The Hall–Kier alpha value is -2.48. The van der Waals surface area contributed by atoms with Gasteiger partial charge in [0.25, 0.3) is 5.69 Å². The van der Waals surface area contributed by atoms with Gasteiger partial charge in [0, 0.05) is 51.4 Å². The molecule has 1 aliphatic rings. The summed E-state index contributed by atoms with van der Waals surface area (Å²) in [4.78, 5) is 14.9. The summed E-state index contributed by atoms with van der Waals surface area (Å²) in [5.74, 6) is 0.521. The highest BCUT2D eigenvalue weighted by molar-refractivity contribution is 5.35. The van der Waals surface area contributed by atoms with Crippen LogP contribution in [0.25, 0.3) is 0 Å². The average Bonchev–Trinajstić information content (AvgIpc) is 2.69. The predicted molar refractivity (Wildman–Crippen MR) is 103 cm³/mol. The second-order valence-corrected chi connectivity index (χ2v) is 6.78. The van der Waals surface area contributed by atoms with Crippen LogP contribution in [0, 0.1) is 10.1 Å². The third-order valence-corrected chi connectivity index (χ3v) is 4.67. The molecule has 7 nitrogen and oxygen atoms in total. The summed E-state index contributed by atoms with van der Waals surface area (Å²) in [6.07, 6.45) is -0.596. The van der Waals surface area contributed by atoms with Gasteiger partial charge in [0.15, 0.2) is 0 Å². The molecule has 0 aliphatic carbocycles. The van der Waals surface area contributed by atoms with Crippen molar-refractivity contribution in [1.29, 1.82) is 0 Å². The van der Waals surface area contributed by atoms with E-state index >= 15 is 0 Å². The lowest BCUT2D eigenvalue weighted by Gasteiger charge is -2.35. The molecular weight excluding hydrogens is 346 g/mol. The highest BCUT2D eigenvalue weighted by atomic mass is 16.6. The van der Waals surface area contributed by atoms with Gasteiger partial charge < -0.3 is 9.84 Å². The van der Waals surface area contributed by atoms with Gasteiger partial charge in [-0.2, -0.15) is 0 Å². The third-order valence-electron chi connectivity index (χ3n) is 4.67. The van der Waals surface area contributed by atoms with E-state index in [4.69, 9.17) is 4.74 Å². The summed E-state index contributed by atoms with van der Waals surface area (Å²) in [5, 5.41) is 20.9. The molecule has 0 amide bonds. The molecular formula is C20H25N3O4. The highest BCUT2D eigenvalue weighted by Gasteiger charge is 2.19. The fourth-order valence-corrected chi connectivity index (χ4v) is 3.18. The number of hydrogen-bond donors (Lipinski definition) is 1. The third kappa shape index (κ3) is 6.02. The maximum absolute atomic E-state index is 10.6. The predicted octanol–water partition coefficient (Wildman–Crippen LogP) is 2.15. The molecule has 2 aromatic rings. The number of aliphatic hydroxyl groups is 1. The lowest BCUT2D eigenvalue weighted by molar-refractivity contribution is -0.384. The Labute approximate surface area is 158 Å². The van der Waals surface area contributed by atoms with Crippen LogP contribution in [0.3, 0.4) is 0 Å². The first-order valence-electron chi connectivity index (χ1n) is 9.14. The van der Waals surface area contributed by atoms with E-state index in [0.717, 1.165) is 32.7 Å². The molecule has 3 rings (SSSR count). The number of β-amino-alcohol motifs (C(OH)–C–C–N with tert-alkyl or cyclic N) is 1. The summed E-state index contributed by atoms with van der Waals surface area (Å²) in [5.41, 5.74) is 1.35. The minimum atomic E-state index is -0.596. The smallest absolute Gasteiger partial charge is 0.269 e. The first-order valence-corrected chi connectivity index (χ1v) is 9.14. The first-order chi connectivity index (χ1) is 13.1. The van der Waals surface area contributed by atoms with Gasteiger partial charge in [-0.15, -0.1) is 0 Å². The first kappa shape index (κ1) is 19.3. The molecule has 144 valence electrons. The minimum absolute atomic E-state index is 0.0243. The van der Waals surface area contributed by atoms with Crippen molar-refractivity contribution >= 4 is 5.69 Å². The summed E-state index contributed by atoms with van der Waals surface area (Å²) in [7, 11) is 0. The van der Waals surface area contributed by atoms with E-state index < -0.39 is 11.0 Å². The molecule has 1 heterocycles. The molecule has 0 radical (unpaired) electrons. The molecule has 1 N–H and O–H groups in total. The van der Waals surface area contributed by atoms with Crippen molar-refractivity contribution in [1.82, 2.24) is 9.80 Å². The number of nitrogens with zero attached hydrogens (tertiary/aromatic N) is 3. The number of ether oxygens (including phenoxy) is 1. The van der Waals surface area contributed by atoms with E-state index in [2.05, 4.69) is 34.1 Å². The number of benzene rings is 2. The number of hydrogen-bond acceptors (Lipinski definition) is 6. The second kappa shape index (κ2) is 9.45. The van der Waals surface area contributed by atoms with Crippen molar-refractivity contribution in [2.75, 3.05) is 39.3 Å². The van der Waals surface area contributed by atoms with Crippen molar-refractivity contribution in [2.24, 2.45) is 0 Å². The Morgan fingerprint density at radius 1 is 1.00 bits per heavy atom. The van der Waals surface area contributed by atoms with Crippen LogP contribution < -0.4 is 4.74 Å². The van der Waals surface area contributed by atoms with Crippen molar-refractivity contribution in [3.05, 3.63) is 70.3 Å².